The summed E-state index contributed by atoms with van der Waals surface area (Å²) in [5.74, 6) is 0.694. The van der Waals surface area contributed by atoms with E-state index in [-0.39, 0.29) is 0 Å². The fourth-order valence-corrected chi connectivity index (χ4v) is 2.90. The molecule has 2 rings (SSSR count). The second kappa shape index (κ2) is 3.64. The van der Waals surface area contributed by atoms with Crippen LogP contribution >= 0.6 is 0 Å². The first-order valence-corrected chi connectivity index (χ1v) is 5.80. The highest BCUT2D eigenvalue weighted by Gasteiger charge is 2.35. The van der Waals surface area contributed by atoms with Crippen LogP contribution in [0, 0.1) is 6.92 Å². The van der Waals surface area contributed by atoms with E-state index in [1.807, 2.05) is 7.05 Å². The van der Waals surface area contributed by atoms with E-state index in [1.165, 1.54) is 12.0 Å². The third kappa shape index (κ3) is 1.81. The lowest BCUT2D eigenvalue weighted by Crippen LogP contribution is -2.17. The maximum Gasteiger partial charge on any atom is 0.00175 e. The summed E-state index contributed by atoms with van der Waals surface area (Å²) in [5.41, 5.74) is 4.85. The Morgan fingerprint density at radius 1 is 1.40 bits per heavy atom. The van der Waals surface area contributed by atoms with Crippen LogP contribution in [-0.2, 0) is 5.41 Å². The Morgan fingerprint density at radius 3 is 2.80 bits per heavy atom. The van der Waals surface area contributed by atoms with Crippen molar-refractivity contribution in [2.75, 3.05) is 13.6 Å². The van der Waals surface area contributed by atoms with E-state index in [0.29, 0.717) is 11.3 Å². The average Bonchev–Trinajstić information content (AvgIpc) is 2.39. The SMILES string of the molecule is CNCC1CC(C)(C)c2ccc(C)cc21. The molecule has 0 bridgehead atoms. The summed E-state index contributed by atoms with van der Waals surface area (Å²) in [4.78, 5) is 0. The second-order valence-electron chi connectivity index (χ2n) is 5.43. The van der Waals surface area contributed by atoms with E-state index in [1.54, 1.807) is 11.1 Å². The predicted molar refractivity (Wildman–Crippen MR) is 65.5 cm³/mol. The van der Waals surface area contributed by atoms with Gasteiger partial charge in [-0.3, -0.25) is 0 Å². The van der Waals surface area contributed by atoms with Crippen LogP contribution in [0.4, 0.5) is 0 Å². The summed E-state index contributed by atoms with van der Waals surface area (Å²) in [6.07, 6.45) is 1.27. The van der Waals surface area contributed by atoms with Crippen molar-refractivity contribution in [2.45, 2.75) is 38.5 Å². The number of aryl methyl sites for hydroxylation is 1. The van der Waals surface area contributed by atoms with Gasteiger partial charge in [0.05, 0.1) is 0 Å². The van der Waals surface area contributed by atoms with E-state index < -0.39 is 0 Å². The smallest absolute Gasteiger partial charge is 0.00175 e. The standard InChI is InChI=1S/C14H21N/c1-10-5-6-13-12(7-10)11(9-15-4)8-14(13,2)3/h5-7,11,15H,8-9H2,1-4H3. The summed E-state index contributed by atoms with van der Waals surface area (Å²) < 4.78 is 0. The highest BCUT2D eigenvalue weighted by Crippen LogP contribution is 2.45. The van der Waals surface area contributed by atoms with Gasteiger partial charge in [0.1, 0.15) is 0 Å². The van der Waals surface area contributed by atoms with Gasteiger partial charge in [-0.1, -0.05) is 37.6 Å². The van der Waals surface area contributed by atoms with E-state index >= 15 is 0 Å². The third-order valence-electron chi connectivity index (χ3n) is 3.58. The van der Waals surface area contributed by atoms with Crippen LogP contribution in [0.3, 0.4) is 0 Å². The molecule has 0 fully saturated rings. The topological polar surface area (TPSA) is 12.0 Å². The van der Waals surface area contributed by atoms with E-state index in [4.69, 9.17) is 0 Å². The molecule has 0 aliphatic heterocycles. The number of hydrogen-bond acceptors (Lipinski definition) is 1. The Bertz CT molecular complexity index is 366. The van der Waals surface area contributed by atoms with Gasteiger partial charge in [-0.05, 0) is 42.9 Å². The van der Waals surface area contributed by atoms with Crippen molar-refractivity contribution in [3.05, 3.63) is 34.9 Å². The van der Waals surface area contributed by atoms with Gasteiger partial charge < -0.3 is 5.32 Å². The van der Waals surface area contributed by atoms with Crippen LogP contribution in [-0.4, -0.2) is 13.6 Å². The molecule has 1 N–H and O–H groups in total. The first-order chi connectivity index (χ1) is 7.04. The summed E-state index contributed by atoms with van der Waals surface area (Å²) in [6.45, 7) is 8.00. The number of rotatable bonds is 2. The van der Waals surface area contributed by atoms with Crippen LogP contribution < -0.4 is 5.32 Å². The number of benzene rings is 1. The molecule has 1 aromatic rings. The van der Waals surface area contributed by atoms with Gasteiger partial charge >= 0.3 is 0 Å². The first-order valence-electron chi connectivity index (χ1n) is 5.80. The van der Waals surface area contributed by atoms with E-state index in [2.05, 4.69) is 44.3 Å². The van der Waals surface area contributed by atoms with E-state index in [9.17, 15) is 0 Å². The van der Waals surface area contributed by atoms with Crippen molar-refractivity contribution in [2.24, 2.45) is 0 Å². The van der Waals surface area contributed by atoms with Gasteiger partial charge in [0.25, 0.3) is 0 Å². The molecule has 0 saturated heterocycles. The zero-order valence-corrected chi connectivity index (χ0v) is 10.2. The largest absolute Gasteiger partial charge is 0.319 e. The molecule has 1 aliphatic carbocycles. The number of fused-ring (bicyclic) bond motifs is 1. The van der Waals surface area contributed by atoms with Crippen LogP contribution in [0.15, 0.2) is 18.2 Å². The Hall–Kier alpha value is -0.820. The minimum Gasteiger partial charge on any atom is -0.319 e. The van der Waals surface area contributed by atoms with Gasteiger partial charge in [0.2, 0.25) is 0 Å². The van der Waals surface area contributed by atoms with Gasteiger partial charge in [-0.25, -0.2) is 0 Å². The minimum absolute atomic E-state index is 0.352. The Morgan fingerprint density at radius 2 is 2.13 bits per heavy atom. The van der Waals surface area contributed by atoms with Crippen molar-refractivity contribution < 1.29 is 0 Å². The van der Waals surface area contributed by atoms with Crippen LogP contribution in [0.5, 0.6) is 0 Å². The van der Waals surface area contributed by atoms with Gasteiger partial charge in [0, 0.05) is 6.54 Å². The normalized spacial score (nSPS) is 22.8. The fraction of sp³-hybridized carbons (Fsp3) is 0.571. The maximum atomic E-state index is 3.31. The van der Waals surface area contributed by atoms with Crippen molar-refractivity contribution in [1.29, 1.82) is 0 Å². The average molecular weight is 203 g/mol. The number of nitrogens with one attached hydrogen (secondary N) is 1. The van der Waals surface area contributed by atoms with Crippen LogP contribution in [0.2, 0.25) is 0 Å². The zero-order chi connectivity index (χ0) is 11.1. The highest BCUT2D eigenvalue weighted by atomic mass is 14.8. The molecular weight excluding hydrogens is 182 g/mol. The first kappa shape index (κ1) is 10.7. The third-order valence-corrected chi connectivity index (χ3v) is 3.58. The lowest BCUT2D eigenvalue weighted by molar-refractivity contribution is 0.466. The molecule has 15 heavy (non-hydrogen) atoms. The van der Waals surface area contributed by atoms with E-state index in [0.717, 1.165) is 6.54 Å². The zero-order valence-electron chi connectivity index (χ0n) is 10.2. The quantitative estimate of drug-likeness (QED) is 0.779. The van der Waals surface area contributed by atoms with Crippen molar-refractivity contribution in [1.82, 2.24) is 5.32 Å². The number of likely N-dealkylation sites (N-methyl/N-ethyl adjacent to an activating group) is 1. The van der Waals surface area contributed by atoms with Crippen molar-refractivity contribution in [3.63, 3.8) is 0 Å². The molecule has 1 aromatic carbocycles. The molecule has 1 atom stereocenters. The Labute approximate surface area is 92.9 Å². The lowest BCUT2D eigenvalue weighted by Gasteiger charge is -2.19. The number of hydrogen-bond donors (Lipinski definition) is 1. The lowest BCUT2D eigenvalue weighted by atomic mass is 9.86. The maximum absolute atomic E-state index is 3.31. The molecule has 0 saturated carbocycles. The molecule has 0 amide bonds. The van der Waals surface area contributed by atoms with Gasteiger partial charge in [-0.2, -0.15) is 0 Å². The molecule has 0 radical (unpaired) electrons. The molecule has 1 heteroatoms. The van der Waals surface area contributed by atoms with Gasteiger partial charge in [-0.15, -0.1) is 0 Å². The molecule has 82 valence electrons. The van der Waals surface area contributed by atoms with Crippen LogP contribution in [0.1, 0.15) is 42.9 Å². The highest BCUT2D eigenvalue weighted by molar-refractivity contribution is 5.43. The van der Waals surface area contributed by atoms with Crippen molar-refractivity contribution >= 4 is 0 Å². The van der Waals surface area contributed by atoms with Crippen LogP contribution in [0.25, 0.3) is 0 Å². The molecular formula is C14H21N. The molecule has 1 aliphatic rings. The second-order valence-corrected chi connectivity index (χ2v) is 5.43. The summed E-state index contributed by atoms with van der Waals surface area (Å²) in [5, 5.41) is 3.31. The molecule has 0 heterocycles. The Kier molecular flexibility index (Phi) is 2.59. The summed E-state index contributed by atoms with van der Waals surface area (Å²) in [6, 6.07) is 6.93. The monoisotopic (exact) mass is 203 g/mol. The Balaban J connectivity index is 2.44. The molecule has 0 aromatic heterocycles. The predicted octanol–water partition coefficient (Wildman–Crippen LogP) is 2.98. The molecule has 1 nitrogen and oxygen atoms in total. The molecule has 0 spiro atoms. The minimum atomic E-state index is 0.352. The van der Waals surface area contributed by atoms with Crippen molar-refractivity contribution in [3.8, 4) is 0 Å². The summed E-state index contributed by atoms with van der Waals surface area (Å²) >= 11 is 0. The fourth-order valence-electron chi connectivity index (χ4n) is 2.90. The summed E-state index contributed by atoms with van der Waals surface area (Å²) in [7, 11) is 2.04. The molecule has 1 unspecified atom stereocenters. The van der Waals surface area contributed by atoms with Gasteiger partial charge in [0.15, 0.2) is 0 Å².